The molecular weight excluding hydrogens is 339 g/mol. The molecule has 0 bridgehead atoms. The number of carbonyl (C=O) groups excluding carboxylic acids is 1. The maximum Gasteiger partial charge on any atom is 0.276 e. The van der Waals surface area contributed by atoms with Gasteiger partial charge in [-0.3, -0.25) is 9.69 Å². The first-order valence-corrected chi connectivity index (χ1v) is 8.11. The third-order valence-corrected chi connectivity index (χ3v) is 4.48. The summed E-state index contributed by atoms with van der Waals surface area (Å²) in [5.41, 5.74) is 2.16. The minimum absolute atomic E-state index is 0.126. The molecule has 2 aromatic rings. The zero-order valence-electron chi connectivity index (χ0n) is 13.9. The molecule has 0 atom stereocenters. The highest BCUT2D eigenvalue weighted by molar-refractivity contribution is 7.80. The third kappa shape index (κ3) is 3.69. The first kappa shape index (κ1) is 17.1. The van der Waals surface area contributed by atoms with Crippen LogP contribution in [0.15, 0.2) is 54.2 Å². The number of thiocarbonyl (C=S) groups is 1. The predicted molar refractivity (Wildman–Crippen MR) is 98.3 cm³/mol. The average molecular weight is 356 g/mol. The fourth-order valence-corrected chi connectivity index (χ4v) is 2.68. The number of rotatable bonds is 4. The van der Waals surface area contributed by atoms with Crippen molar-refractivity contribution in [3.05, 3.63) is 71.2 Å². The van der Waals surface area contributed by atoms with Gasteiger partial charge in [-0.15, -0.1) is 0 Å². The Bertz CT molecular complexity index is 849. The van der Waals surface area contributed by atoms with E-state index in [1.807, 2.05) is 30.3 Å². The smallest absolute Gasteiger partial charge is 0.276 e. The summed E-state index contributed by atoms with van der Waals surface area (Å²) in [6.07, 6.45) is 1.79. The molecule has 1 fully saturated rings. The maximum absolute atomic E-state index is 13.2. The van der Waals surface area contributed by atoms with Gasteiger partial charge in [-0.25, -0.2) is 4.39 Å². The van der Waals surface area contributed by atoms with Gasteiger partial charge in [-0.2, -0.15) is 0 Å². The van der Waals surface area contributed by atoms with Crippen LogP contribution in [0.5, 0.6) is 5.75 Å². The molecule has 0 aliphatic carbocycles. The Labute approximate surface area is 151 Å². The Morgan fingerprint density at radius 2 is 1.84 bits per heavy atom. The van der Waals surface area contributed by atoms with E-state index in [1.165, 1.54) is 17.0 Å². The fraction of sp³-hybridized carbons (Fsp3) is 0.158. The predicted octanol–water partition coefficient (Wildman–Crippen LogP) is 3.43. The van der Waals surface area contributed by atoms with E-state index in [9.17, 15) is 9.18 Å². The van der Waals surface area contributed by atoms with Crippen LogP contribution in [0.4, 0.5) is 4.39 Å². The molecule has 0 saturated carbocycles. The minimum atomic E-state index is -0.281. The van der Waals surface area contributed by atoms with Gasteiger partial charge in [0.1, 0.15) is 23.9 Å². The van der Waals surface area contributed by atoms with Crippen LogP contribution in [0, 0.1) is 5.82 Å². The van der Waals surface area contributed by atoms with Crippen molar-refractivity contribution in [1.29, 1.82) is 0 Å². The third-order valence-electron chi connectivity index (χ3n) is 3.94. The van der Waals surface area contributed by atoms with Crippen molar-refractivity contribution < 1.29 is 13.9 Å². The first-order valence-electron chi connectivity index (χ1n) is 7.70. The number of carbonyl (C=O) groups is 1. The number of nitrogens with zero attached hydrogens (tertiary/aromatic N) is 2. The van der Waals surface area contributed by atoms with Gasteiger partial charge in [0.15, 0.2) is 5.11 Å². The summed E-state index contributed by atoms with van der Waals surface area (Å²) in [6, 6.07) is 13.6. The molecule has 4 nitrogen and oxygen atoms in total. The van der Waals surface area contributed by atoms with Gasteiger partial charge in [-0.1, -0.05) is 24.3 Å². The molecule has 0 radical (unpaired) electrons. The van der Waals surface area contributed by atoms with Gasteiger partial charge < -0.3 is 9.64 Å². The highest BCUT2D eigenvalue weighted by Gasteiger charge is 2.32. The lowest BCUT2D eigenvalue weighted by Gasteiger charge is -2.11. The largest absolute Gasteiger partial charge is 0.489 e. The van der Waals surface area contributed by atoms with Crippen molar-refractivity contribution in [2.45, 2.75) is 6.61 Å². The molecule has 1 heterocycles. The van der Waals surface area contributed by atoms with Crippen molar-refractivity contribution in [3.63, 3.8) is 0 Å². The maximum atomic E-state index is 13.2. The topological polar surface area (TPSA) is 32.8 Å². The SMILES string of the molecule is CN1C(=O)/C(=C/c2ccc(OCc3cccc(F)c3)cc2)N(C)C1=S. The molecular formula is C19H17FN2O2S. The molecule has 1 aliphatic rings. The summed E-state index contributed by atoms with van der Waals surface area (Å²) < 4.78 is 18.8. The Balaban J connectivity index is 1.69. The summed E-state index contributed by atoms with van der Waals surface area (Å²) in [6.45, 7) is 0.290. The second kappa shape index (κ2) is 7.03. The van der Waals surface area contributed by atoms with Gasteiger partial charge in [0, 0.05) is 14.1 Å². The Morgan fingerprint density at radius 1 is 1.12 bits per heavy atom. The molecule has 25 heavy (non-hydrogen) atoms. The Hall–Kier alpha value is -2.73. The van der Waals surface area contributed by atoms with Crippen LogP contribution in [0.3, 0.4) is 0 Å². The fourth-order valence-electron chi connectivity index (χ4n) is 2.50. The van der Waals surface area contributed by atoms with Crippen molar-refractivity contribution >= 4 is 29.3 Å². The lowest BCUT2D eigenvalue weighted by atomic mass is 10.1. The molecule has 0 N–H and O–H groups in total. The van der Waals surface area contributed by atoms with Crippen LogP contribution in [0.1, 0.15) is 11.1 Å². The molecule has 6 heteroatoms. The number of likely N-dealkylation sites (N-methyl/N-ethyl adjacent to an activating group) is 2. The van der Waals surface area contributed by atoms with Crippen LogP contribution in [0.2, 0.25) is 0 Å². The van der Waals surface area contributed by atoms with Crippen molar-refractivity contribution in [2.75, 3.05) is 14.1 Å². The van der Waals surface area contributed by atoms with Crippen LogP contribution >= 0.6 is 12.2 Å². The average Bonchev–Trinajstić information content (AvgIpc) is 2.79. The van der Waals surface area contributed by atoms with E-state index in [4.69, 9.17) is 17.0 Å². The molecule has 0 unspecified atom stereocenters. The van der Waals surface area contributed by atoms with Crippen molar-refractivity contribution in [2.24, 2.45) is 0 Å². The quantitative estimate of drug-likeness (QED) is 0.621. The van der Waals surface area contributed by atoms with E-state index in [0.717, 1.165) is 11.1 Å². The summed E-state index contributed by atoms with van der Waals surface area (Å²) in [5.74, 6) is 0.264. The van der Waals surface area contributed by atoms with Crippen molar-refractivity contribution in [1.82, 2.24) is 9.80 Å². The van der Waals surface area contributed by atoms with Crippen molar-refractivity contribution in [3.8, 4) is 5.75 Å². The molecule has 0 aromatic heterocycles. The number of benzene rings is 2. The molecule has 128 valence electrons. The number of hydrogen-bond donors (Lipinski definition) is 0. The summed E-state index contributed by atoms with van der Waals surface area (Å²) >= 11 is 5.19. The Kier molecular flexibility index (Phi) is 4.81. The number of hydrogen-bond acceptors (Lipinski definition) is 3. The van der Waals surface area contributed by atoms with E-state index in [0.29, 0.717) is 23.2 Å². The lowest BCUT2D eigenvalue weighted by molar-refractivity contribution is -0.121. The first-order chi connectivity index (χ1) is 12.0. The molecule has 1 amide bonds. The molecule has 0 spiro atoms. The van der Waals surface area contributed by atoms with Crippen LogP contribution in [0.25, 0.3) is 6.08 Å². The van der Waals surface area contributed by atoms with Gasteiger partial charge in [-0.05, 0) is 53.7 Å². The summed E-state index contributed by atoms with van der Waals surface area (Å²) in [4.78, 5) is 15.3. The number of halogens is 1. The van der Waals surface area contributed by atoms with Gasteiger partial charge in [0.25, 0.3) is 5.91 Å². The van der Waals surface area contributed by atoms with E-state index in [-0.39, 0.29) is 11.7 Å². The van der Waals surface area contributed by atoms with Crippen LogP contribution < -0.4 is 4.74 Å². The summed E-state index contributed by atoms with van der Waals surface area (Å²) in [7, 11) is 3.43. The zero-order valence-corrected chi connectivity index (χ0v) is 14.7. The summed E-state index contributed by atoms with van der Waals surface area (Å²) in [5, 5.41) is 0.478. The molecule has 3 rings (SSSR count). The Morgan fingerprint density at radius 3 is 2.44 bits per heavy atom. The molecule has 1 saturated heterocycles. The van der Waals surface area contributed by atoms with Crippen LogP contribution in [-0.2, 0) is 11.4 Å². The number of amides is 1. The van der Waals surface area contributed by atoms with E-state index in [1.54, 1.807) is 31.1 Å². The van der Waals surface area contributed by atoms with Gasteiger partial charge in [0.05, 0.1) is 0 Å². The van der Waals surface area contributed by atoms with E-state index < -0.39 is 0 Å². The normalized spacial score (nSPS) is 16.0. The van der Waals surface area contributed by atoms with Gasteiger partial charge >= 0.3 is 0 Å². The molecule has 1 aliphatic heterocycles. The minimum Gasteiger partial charge on any atom is -0.489 e. The van der Waals surface area contributed by atoms with E-state index in [2.05, 4.69) is 0 Å². The second-order valence-electron chi connectivity index (χ2n) is 5.72. The van der Waals surface area contributed by atoms with Gasteiger partial charge in [0.2, 0.25) is 0 Å². The zero-order chi connectivity index (χ0) is 18.0. The number of ether oxygens (including phenoxy) is 1. The second-order valence-corrected chi connectivity index (χ2v) is 6.09. The van der Waals surface area contributed by atoms with E-state index >= 15 is 0 Å². The standard InChI is InChI=1S/C19H17FN2O2S/c1-21-17(18(23)22(2)19(21)25)11-13-6-8-16(9-7-13)24-12-14-4-3-5-15(20)10-14/h3-11H,12H2,1-2H3/b17-11-. The highest BCUT2D eigenvalue weighted by Crippen LogP contribution is 2.22. The monoisotopic (exact) mass is 356 g/mol. The highest BCUT2D eigenvalue weighted by atomic mass is 32.1. The lowest BCUT2D eigenvalue weighted by Crippen LogP contribution is -2.26. The van der Waals surface area contributed by atoms with Crippen LogP contribution in [-0.4, -0.2) is 34.9 Å². The molecule has 2 aromatic carbocycles.